The van der Waals surface area contributed by atoms with E-state index in [1.54, 1.807) is 12.3 Å². The van der Waals surface area contributed by atoms with Crippen LogP contribution in [0.1, 0.15) is 5.56 Å². The molecule has 2 rings (SSSR count). The molecule has 0 bridgehead atoms. The van der Waals surface area contributed by atoms with Gasteiger partial charge in [0.1, 0.15) is 5.82 Å². The van der Waals surface area contributed by atoms with Gasteiger partial charge in [0.25, 0.3) is 0 Å². The Kier molecular flexibility index (Phi) is 2.87. The zero-order valence-corrected chi connectivity index (χ0v) is 9.16. The second-order valence-corrected chi connectivity index (χ2v) is 4.14. The number of aryl methyl sites for hydroxylation is 1. The van der Waals surface area contributed by atoms with Crippen molar-refractivity contribution in [3.8, 4) is 0 Å². The Balaban J connectivity index is 2.26. The van der Waals surface area contributed by atoms with Crippen molar-refractivity contribution in [1.29, 1.82) is 0 Å². The van der Waals surface area contributed by atoms with E-state index >= 15 is 0 Å². The third-order valence-corrected chi connectivity index (χ3v) is 3.01. The molecule has 0 aliphatic rings. The van der Waals surface area contributed by atoms with Gasteiger partial charge in [-0.15, -0.1) is 0 Å². The fraction of sp³-hybridized carbons (Fsp3) is 0.0909. The van der Waals surface area contributed by atoms with Gasteiger partial charge < -0.3 is 5.73 Å². The lowest BCUT2D eigenvalue weighted by Gasteiger charge is -2.03. The number of hydrogen-bond acceptors (Lipinski definition) is 4. The van der Waals surface area contributed by atoms with Crippen LogP contribution in [-0.2, 0) is 0 Å². The van der Waals surface area contributed by atoms with Gasteiger partial charge in [-0.05, 0) is 36.4 Å². The lowest BCUT2D eigenvalue weighted by Crippen LogP contribution is -1.93. The average molecular weight is 217 g/mol. The van der Waals surface area contributed by atoms with E-state index in [1.165, 1.54) is 17.3 Å². The van der Waals surface area contributed by atoms with Gasteiger partial charge in [-0.1, -0.05) is 18.2 Å². The molecule has 0 atom stereocenters. The van der Waals surface area contributed by atoms with E-state index < -0.39 is 0 Å². The van der Waals surface area contributed by atoms with Crippen LogP contribution in [0.5, 0.6) is 0 Å². The van der Waals surface area contributed by atoms with Gasteiger partial charge in [-0.3, -0.25) is 0 Å². The molecule has 15 heavy (non-hydrogen) atoms. The first kappa shape index (κ1) is 9.98. The molecule has 3 nitrogen and oxygen atoms in total. The minimum atomic E-state index is 0.501. The number of hydrogen-bond donors (Lipinski definition) is 1. The lowest BCUT2D eigenvalue weighted by molar-refractivity contribution is 0.974. The van der Waals surface area contributed by atoms with Crippen LogP contribution in [0.3, 0.4) is 0 Å². The van der Waals surface area contributed by atoms with Gasteiger partial charge in [0.15, 0.2) is 5.16 Å². The number of nitrogens with zero attached hydrogens (tertiary/aromatic N) is 2. The Labute approximate surface area is 92.8 Å². The highest BCUT2D eigenvalue weighted by atomic mass is 32.2. The fourth-order valence-corrected chi connectivity index (χ4v) is 2.01. The van der Waals surface area contributed by atoms with Crippen molar-refractivity contribution >= 4 is 17.6 Å². The van der Waals surface area contributed by atoms with E-state index in [1.807, 2.05) is 18.2 Å². The minimum absolute atomic E-state index is 0.501. The van der Waals surface area contributed by atoms with E-state index in [-0.39, 0.29) is 0 Å². The molecule has 0 saturated carbocycles. The summed E-state index contributed by atoms with van der Waals surface area (Å²) in [7, 11) is 0. The zero-order valence-electron chi connectivity index (χ0n) is 8.34. The highest BCUT2D eigenvalue weighted by Crippen LogP contribution is 2.27. The molecule has 76 valence electrons. The summed E-state index contributed by atoms with van der Waals surface area (Å²) in [6.07, 6.45) is 1.67. The molecule has 0 unspecified atom stereocenters. The van der Waals surface area contributed by atoms with E-state index in [2.05, 4.69) is 23.0 Å². The van der Waals surface area contributed by atoms with Crippen LogP contribution in [0.25, 0.3) is 0 Å². The summed E-state index contributed by atoms with van der Waals surface area (Å²) in [5, 5.41) is 0.685. The molecule has 2 aromatic rings. The quantitative estimate of drug-likeness (QED) is 0.785. The number of anilines is 1. The molecule has 1 aromatic heterocycles. The number of aromatic nitrogens is 2. The number of nitrogen functional groups attached to an aromatic ring is 1. The standard InChI is InChI=1S/C11H11N3S/c1-8-4-2-3-5-9(8)15-11-13-7-6-10(12)14-11/h2-7H,1H3,(H2,12,13,14). The summed E-state index contributed by atoms with van der Waals surface area (Å²) in [5.74, 6) is 0.501. The van der Waals surface area contributed by atoms with Crippen LogP contribution in [-0.4, -0.2) is 9.97 Å². The first-order valence-corrected chi connectivity index (χ1v) is 5.39. The van der Waals surface area contributed by atoms with E-state index in [4.69, 9.17) is 5.73 Å². The third-order valence-electron chi connectivity index (χ3n) is 1.95. The Morgan fingerprint density at radius 2 is 2.00 bits per heavy atom. The molecule has 2 N–H and O–H groups in total. The Morgan fingerprint density at radius 3 is 2.73 bits per heavy atom. The van der Waals surface area contributed by atoms with E-state index in [0.717, 1.165) is 4.90 Å². The van der Waals surface area contributed by atoms with Gasteiger partial charge >= 0.3 is 0 Å². The largest absolute Gasteiger partial charge is 0.384 e. The summed E-state index contributed by atoms with van der Waals surface area (Å²) >= 11 is 1.53. The maximum Gasteiger partial charge on any atom is 0.194 e. The molecule has 1 heterocycles. The molecule has 0 fully saturated rings. The summed E-state index contributed by atoms with van der Waals surface area (Å²) in [6.45, 7) is 2.06. The maximum atomic E-state index is 5.59. The average Bonchev–Trinajstić information content (AvgIpc) is 2.22. The number of nitrogens with two attached hydrogens (primary N) is 1. The Morgan fingerprint density at radius 1 is 1.20 bits per heavy atom. The summed E-state index contributed by atoms with van der Waals surface area (Å²) < 4.78 is 0. The van der Waals surface area contributed by atoms with Gasteiger partial charge in [-0.2, -0.15) is 0 Å². The Hall–Kier alpha value is -1.55. The molecule has 0 radical (unpaired) electrons. The molecule has 0 aliphatic heterocycles. The lowest BCUT2D eigenvalue weighted by atomic mass is 10.2. The van der Waals surface area contributed by atoms with Crippen LogP contribution in [0, 0.1) is 6.92 Å². The van der Waals surface area contributed by atoms with Crippen molar-refractivity contribution in [3.05, 3.63) is 42.1 Å². The molecular weight excluding hydrogens is 206 g/mol. The summed E-state index contributed by atoms with van der Waals surface area (Å²) in [6, 6.07) is 9.81. The predicted molar refractivity (Wildman–Crippen MR) is 61.7 cm³/mol. The molecule has 0 aliphatic carbocycles. The second-order valence-electron chi connectivity index (χ2n) is 3.13. The van der Waals surface area contributed by atoms with Gasteiger partial charge in [0.05, 0.1) is 0 Å². The maximum absolute atomic E-state index is 5.59. The monoisotopic (exact) mass is 217 g/mol. The number of rotatable bonds is 2. The smallest absolute Gasteiger partial charge is 0.194 e. The van der Waals surface area contributed by atoms with Gasteiger partial charge in [0, 0.05) is 11.1 Å². The SMILES string of the molecule is Cc1ccccc1Sc1nccc(N)n1. The van der Waals surface area contributed by atoms with Crippen molar-refractivity contribution in [1.82, 2.24) is 9.97 Å². The predicted octanol–water partition coefficient (Wildman–Crippen LogP) is 2.52. The van der Waals surface area contributed by atoms with Crippen LogP contribution < -0.4 is 5.73 Å². The van der Waals surface area contributed by atoms with Crippen molar-refractivity contribution in [2.75, 3.05) is 5.73 Å². The van der Waals surface area contributed by atoms with Crippen molar-refractivity contribution in [2.45, 2.75) is 17.0 Å². The topological polar surface area (TPSA) is 51.8 Å². The van der Waals surface area contributed by atoms with E-state index in [9.17, 15) is 0 Å². The van der Waals surface area contributed by atoms with Crippen molar-refractivity contribution in [3.63, 3.8) is 0 Å². The zero-order chi connectivity index (χ0) is 10.7. The molecule has 0 amide bonds. The van der Waals surface area contributed by atoms with E-state index in [0.29, 0.717) is 11.0 Å². The normalized spacial score (nSPS) is 10.2. The molecule has 1 aromatic carbocycles. The summed E-state index contributed by atoms with van der Waals surface area (Å²) in [4.78, 5) is 9.44. The van der Waals surface area contributed by atoms with Crippen LogP contribution in [0.2, 0.25) is 0 Å². The molecule has 0 saturated heterocycles. The van der Waals surface area contributed by atoms with Gasteiger partial charge in [-0.25, -0.2) is 9.97 Å². The highest BCUT2D eigenvalue weighted by molar-refractivity contribution is 7.99. The van der Waals surface area contributed by atoms with Crippen LogP contribution in [0.4, 0.5) is 5.82 Å². The van der Waals surface area contributed by atoms with Crippen molar-refractivity contribution in [2.24, 2.45) is 0 Å². The molecule has 0 spiro atoms. The molecule has 4 heteroatoms. The third kappa shape index (κ3) is 2.47. The van der Waals surface area contributed by atoms with Crippen molar-refractivity contribution < 1.29 is 0 Å². The first-order chi connectivity index (χ1) is 7.25. The second kappa shape index (κ2) is 4.31. The fourth-order valence-electron chi connectivity index (χ4n) is 1.17. The molecular formula is C11H11N3S. The van der Waals surface area contributed by atoms with Crippen LogP contribution in [0.15, 0.2) is 46.6 Å². The summed E-state index contributed by atoms with van der Waals surface area (Å²) in [5.41, 5.74) is 6.80. The van der Waals surface area contributed by atoms with Crippen LogP contribution >= 0.6 is 11.8 Å². The van der Waals surface area contributed by atoms with Gasteiger partial charge in [0.2, 0.25) is 0 Å². The minimum Gasteiger partial charge on any atom is -0.384 e. The number of benzene rings is 1. The first-order valence-electron chi connectivity index (χ1n) is 4.58. The Bertz CT molecular complexity index is 471. The highest BCUT2D eigenvalue weighted by Gasteiger charge is 2.02.